The Morgan fingerprint density at radius 3 is 2.68 bits per heavy atom. The van der Waals surface area contributed by atoms with Crippen molar-refractivity contribution in [2.24, 2.45) is 0 Å². The van der Waals surface area contributed by atoms with Gasteiger partial charge in [-0.1, -0.05) is 12.1 Å². The summed E-state index contributed by atoms with van der Waals surface area (Å²) in [6, 6.07) is 14.9. The van der Waals surface area contributed by atoms with Crippen LogP contribution in [-0.4, -0.2) is 20.9 Å². The predicted molar refractivity (Wildman–Crippen MR) is 97.6 cm³/mol. The first-order valence-electron chi connectivity index (χ1n) is 7.80. The van der Waals surface area contributed by atoms with E-state index >= 15 is 0 Å². The molecule has 126 valence electrons. The van der Waals surface area contributed by atoms with Crippen LogP contribution in [0.2, 0.25) is 0 Å². The summed E-state index contributed by atoms with van der Waals surface area (Å²) in [6.07, 6.45) is 3.43. The molecule has 0 fully saturated rings. The lowest BCUT2D eigenvalue weighted by Gasteiger charge is -2.09. The number of amides is 1. The molecule has 0 radical (unpaired) electrons. The van der Waals surface area contributed by atoms with Crippen LogP contribution in [0.1, 0.15) is 12.6 Å². The van der Waals surface area contributed by atoms with Gasteiger partial charge >= 0.3 is 0 Å². The Kier molecular flexibility index (Phi) is 5.16. The van der Waals surface area contributed by atoms with Crippen LogP contribution in [0.15, 0.2) is 60.9 Å². The van der Waals surface area contributed by atoms with Crippen LogP contribution >= 0.6 is 0 Å². The van der Waals surface area contributed by atoms with Crippen molar-refractivity contribution in [2.75, 3.05) is 16.0 Å². The molecule has 1 aromatic carbocycles. The SMILES string of the molecule is CC(=O)Nc1cccc(Nc2nccc(NCc3ccccn3)n2)c1. The van der Waals surface area contributed by atoms with Gasteiger partial charge in [-0.25, -0.2) is 4.98 Å². The Labute approximate surface area is 145 Å². The molecule has 0 bridgehead atoms. The van der Waals surface area contributed by atoms with Crippen molar-refractivity contribution in [2.45, 2.75) is 13.5 Å². The molecule has 3 N–H and O–H groups in total. The minimum absolute atomic E-state index is 0.117. The van der Waals surface area contributed by atoms with Crippen LogP contribution in [0.5, 0.6) is 0 Å². The molecule has 7 nitrogen and oxygen atoms in total. The number of benzene rings is 1. The summed E-state index contributed by atoms with van der Waals surface area (Å²) >= 11 is 0. The zero-order chi connectivity index (χ0) is 17.5. The molecule has 25 heavy (non-hydrogen) atoms. The van der Waals surface area contributed by atoms with E-state index in [0.717, 1.165) is 11.4 Å². The van der Waals surface area contributed by atoms with Crippen molar-refractivity contribution in [3.8, 4) is 0 Å². The van der Waals surface area contributed by atoms with Crippen molar-refractivity contribution in [3.63, 3.8) is 0 Å². The number of hydrogen-bond acceptors (Lipinski definition) is 6. The summed E-state index contributed by atoms with van der Waals surface area (Å²) in [4.78, 5) is 24.0. The molecule has 0 aliphatic heterocycles. The van der Waals surface area contributed by atoms with Gasteiger partial charge in [-0.05, 0) is 36.4 Å². The zero-order valence-electron chi connectivity index (χ0n) is 13.7. The van der Waals surface area contributed by atoms with E-state index in [-0.39, 0.29) is 5.91 Å². The molecular weight excluding hydrogens is 316 g/mol. The molecule has 0 aliphatic carbocycles. The molecule has 2 aromatic heterocycles. The zero-order valence-corrected chi connectivity index (χ0v) is 13.7. The van der Waals surface area contributed by atoms with Crippen molar-refractivity contribution >= 4 is 29.0 Å². The van der Waals surface area contributed by atoms with Crippen LogP contribution < -0.4 is 16.0 Å². The van der Waals surface area contributed by atoms with Gasteiger partial charge < -0.3 is 16.0 Å². The summed E-state index contributed by atoms with van der Waals surface area (Å²) < 4.78 is 0. The Hall–Kier alpha value is -3.48. The molecule has 0 saturated carbocycles. The lowest BCUT2D eigenvalue weighted by Crippen LogP contribution is -2.06. The normalized spacial score (nSPS) is 10.1. The Bertz CT molecular complexity index is 853. The van der Waals surface area contributed by atoms with Gasteiger partial charge in [0.2, 0.25) is 11.9 Å². The van der Waals surface area contributed by atoms with Crippen LogP contribution in [0.25, 0.3) is 0 Å². The van der Waals surface area contributed by atoms with E-state index in [1.54, 1.807) is 18.5 Å². The van der Waals surface area contributed by atoms with Gasteiger partial charge in [0.1, 0.15) is 5.82 Å². The third-order valence-electron chi connectivity index (χ3n) is 3.27. The van der Waals surface area contributed by atoms with Gasteiger partial charge in [0, 0.05) is 30.7 Å². The third kappa shape index (κ3) is 5.00. The Balaban J connectivity index is 1.66. The van der Waals surface area contributed by atoms with Crippen molar-refractivity contribution in [1.82, 2.24) is 15.0 Å². The van der Waals surface area contributed by atoms with Crippen molar-refractivity contribution < 1.29 is 4.79 Å². The Morgan fingerprint density at radius 1 is 1.00 bits per heavy atom. The van der Waals surface area contributed by atoms with E-state index in [1.807, 2.05) is 42.5 Å². The number of aromatic nitrogens is 3. The molecule has 0 aliphatic rings. The number of rotatable bonds is 6. The highest BCUT2D eigenvalue weighted by Gasteiger charge is 2.02. The minimum Gasteiger partial charge on any atom is -0.364 e. The fraction of sp³-hybridized carbons (Fsp3) is 0.111. The van der Waals surface area contributed by atoms with Gasteiger partial charge in [-0.2, -0.15) is 4.98 Å². The van der Waals surface area contributed by atoms with E-state index < -0.39 is 0 Å². The van der Waals surface area contributed by atoms with Crippen molar-refractivity contribution in [1.29, 1.82) is 0 Å². The second-order valence-corrected chi connectivity index (χ2v) is 5.33. The molecule has 7 heteroatoms. The molecule has 0 saturated heterocycles. The second kappa shape index (κ2) is 7.87. The highest BCUT2D eigenvalue weighted by Crippen LogP contribution is 2.18. The van der Waals surface area contributed by atoms with Crippen LogP contribution in [-0.2, 0) is 11.3 Å². The first-order chi connectivity index (χ1) is 12.2. The minimum atomic E-state index is -0.117. The fourth-order valence-electron chi connectivity index (χ4n) is 2.21. The van der Waals surface area contributed by atoms with E-state index in [1.165, 1.54) is 6.92 Å². The number of nitrogens with zero attached hydrogens (tertiary/aromatic N) is 3. The number of nitrogens with one attached hydrogen (secondary N) is 3. The average molecular weight is 334 g/mol. The van der Waals surface area contributed by atoms with E-state index in [0.29, 0.717) is 24.0 Å². The van der Waals surface area contributed by atoms with Crippen LogP contribution in [0.3, 0.4) is 0 Å². The predicted octanol–water partition coefficient (Wildman–Crippen LogP) is 3.19. The van der Waals surface area contributed by atoms with E-state index in [4.69, 9.17) is 0 Å². The largest absolute Gasteiger partial charge is 0.364 e. The number of carbonyl (C=O) groups is 1. The summed E-state index contributed by atoms with van der Waals surface area (Å²) in [5, 5.41) is 9.08. The maximum Gasteiger partial charge on any atom is 0.229 e. The smallest absolute Gasteiger partial charge is 0.229 e. The first kappa shape index (κ1) is 16.4. The number of carbonyl (C=O) groups excluding carboxylic acids is 1. The molecule has 0 atom stereocenters. The quantitative estimate of drug-likeness (QED) is 0.641. The molecular formula is C18H18N6O. The van der Waals surface area contributed by atoms with Gasteiger partial charge in [-0.3, -0.25) is 9.78 Å². The Morgan fingerprint density at radius 2 is 1.88 bits per heavy atom. The number of anilines is 4. The summed E-state index contributed by atoms with van der Waals surface area (Å²) in [5.41, 5.74) is 2.42. The first-order valence-corrected chi connectivity index (χ1v) is 7.80. The van der Waals surface area contributed by atoms with Crippen LogP contribution in [0, 0.1) is 0 Å². The standard InChI is InChI=1S/C18H18N6O/c1-13(25)22-14-6-4-7-15(11-14)23-18-20-10-8-17(24-18)21-12-16-5-2-3-9-19-16/h2-11H,12H2,1H3,(H,22,25)(H2,20,21,23,24). The van der Waals surface area contributed by atoms with Gasteiger partial charge in [-0.15, -0.1) is 0 Å². The lowest BCUT2D eigenvalue weighted by molar-refractivity contribution is -0.114. The fourth-order valence-corrected chi connectivity index (χ4v) is 2.21. The number of hydrogen-bond donors (Lipinski definition) is 3. The monoisotopic (exact) mass is 334 g/mol. The lowest BCUT2D eigenvalue weighted by atomic mass is 10.3. The van der Waals surface area contributed by atoms with Gasteiger partial charge in [0.05, 0.1) is 12.2 Å². The highest BCUT2D eigenvalue weighted by atomic mass is 16.1. The van der Waals surface area contributed by atoms with Crippen molar-refractivity contribution in [3.05, 3.63) is 66.6 Å². The molecule has 3 rings (SSSR count). The molecule has 0 spiro atoms. The molecule has 0 unspecified atom stereocenters. The highest BCUT2D eigenvalue weighted by molar-refractivity contribution is 5.89. The number of pyridine rings is 1. The molecule has 2 heterocycles. The topological polar surface area (TPSA) is 91.8 Å². The van der Waals surface area contributed by atoms with Gasteiger partial charge in [0.15, 0.2) is 0 Å². The van der Waals surface area contributed by atoms with Crippen LogP contribution in [0.4, 0.5) is 23.1 Å². The summed E-state index contributed by atoms with van der Waals surface area (Å²) in [7, 11) is 0. The average Bonchev–Trinajstić information content (AvgIpc) is 2.61. The second-order valence-electron chi connectivity index (χ2n) is 5.33. The van der Waals surface area contributed by atoms with Gasteiger partial charge in [0.25, 0.3) is 0 Å². The third-order valence-corrected chi connectivity index (χ3v) is 3.27. The maximum atomic E-state index is 11.1. The summed E-state index contributed by atoms with van der Waals surface area (Å²) in [6.45, 7) is 2.05. The molecule has 3 aromatic rings. The summed E-state index contributed by atoms with van der Waals surface area (Å²) in [5.74, 6) is 1.04. The van der Waals surface area contributed by atoms with E-state index in [2.05, 4.69) is 30.9 Å². The molecule has 1 amide bonds. The maximum absolute atomic E-state index is 11.1. The van der Waals surface area contributed by atoms with E-state index in [9.17, 15) is 4.79 Å².